The molecule has 0 bridgehead atoms. The molecule has 0 saturated heterocycles. The lowest BCUT2D eigenvalue weighted by molar-refractivity contribution is 0.0992. The monoisotopic (exact) mass is 430 g/mol. The molecule has 1 atom stereocenters. The van der Waals surface area contributed by atoms with Gasteiger partial charge in [0.1, 0.15) is 0 Å². The third-order valence-electron chi connectivity index (χ3n) is 4.67. The summed E-state index contributed by atoms with van der Waals surface area (Å²) in [5, 5.41) is 9.52. The predicted molar refractivity (Wildman–Crippen MR) is 109 cm³/mol. The van der Waals surface area contributed by atoms with Gasteiger partial charge in [0.15, 0.2) is 11.5 Å². The summed E-state index contributed by atoms with van der Waals surface area (Å²) in [6.07, 6.45) is 3.29. The number of primary amides is 1. The van der Waals surface area contributed by atoms with Crippen LogP contribution in [0.25, 0.3) is 22.6 Å². The third-order valence-corrected chi connectivity index (χ3v) is 5.33. The van der Waals surface area contributed by atoms with E-state index in [0.29, 0.717) is 38.4 Å². The zero-order chi connectivity index (χ0) is 20.7. The molecule has 0 radical (unpaired) electrons. The van der Waals surface area contributed by atoms with E-state index in [4.69, 9.17) is 37.9 Å². The molecule has 1 aromatic carbocycles. The molecule has 2 N–H and O–H groups in total. The molecule has 3 aromatic heterocycles. The van der Waals surface area contributed by atoms with Crippen molar-refractivity contribution >= 4 is 29.1 Å². The van der Waals surface area contributed by atoms with E-state index >= 15 is 0 Å². The van der Waals surface area contributed by atoms with Crippen molar-refractivity contribution < 1.29 is 13.7 Å². The number of aromatic nitrogens is 3. The third kappa shape index (κ3) is 3.32. The van der Waals surface area contributed by atoms with Crippen LogP contribution in [-0.2, 0) is 0 Å². The molecule has 4 rings (SSSR count). The van der Waals surface area contributed by atoms with E-state index in [1.165, 1.54) is 6.26 Å². The minimum absolute atomic E-state index is 0.00230. The van der Waals surface area contributed by atoms with Crippen LogP contribution < -0.4 is 5.73 Å². The normalized spacial score (nSPS) is 12.3. The van der Waals surface area contributed by atoms with Gasteiger partial charge < -0.3 is 14.7 Å². The molecule has 1 amide bonds. The van der Waals surface area contributed by atoms with Crippen LogP contribution in [0.2, 0.25) is 10.0 Å². The number of nitrogens with zero attached hydrogens (tertiary/aromatic N) is 3. The summed E-state index contributed by atoms with van der Waals surface area (Å²) in [4.78, 5) is 11.9. The summed E-state index contributed by atoms with van der Waals surface area (Å²) >= 11 is 12.7. The second-order valence-electron chi connectivity index (χ2n) is 6.50. The second kappa shape index (κ2) is 7.42. The Balaban J connectivity index is 1.86. The summed E-state index contributed by atoms with van der Waals surface area (Å²) in [5.41, 5.74) is 7.98. The van der Waals surface area contributed by atoms with Gasteiger partial charge in [0.05, 0.1) is 23.6 Å². The van der Waals surface area contributed by atoms with Crippen LogP contribution in [-0.4, -0.2) is 20.8 Å². The summed E-state index contributed by atoms with van der Waals surface area (Å²) in [6.45, 7) is 3.75. The van der Waals surface area contributed by atoms with Gasteiger partial charge in [-0.05, 0) is 38.1 Å². The number of furan rings is 1. The van der Waals surface area contributed by atoms with Crippen LogP contribution in [0.5, 0.6) is 0 Å². The molecule has 1 unspecified atom stereocenters. The highest BCUT2D eigenvalue weighted by Crippen LogP contribution is 2.38. The van der Waals surface area contributed by atoms with Crippen molar-refractivity contribution in [2.75, 3.05) is 0 Å². The topological polar surface area (TPSA) is 100 Å². The Morgan fingerprint density at radius 1 is 1.21 bits per heavy atom. The van der Waals surface area contributed by atoms with Gasteiger partial charge in [0.25, 0.3) is 5.91 Å². The molecule has 148 valence electrons. The van der Waals surface area contributed by atoms with E-state index in [-0.39, 0.29) is 11.7 Å². The summed E-state index contributed by atoms with van der Waals surface area (Å²) in [7, 11) is 0. The van der Waals surface area contributed by atoms with Crippen LogP contribution in [0.3, 0.4) is 0 Å². The van der Waals surface area contributed by atoms with Gasteiger partial charge in [-0.1, -0.05) is 34.4 Å². The second-order valence-corrected chi connectivity index (χ2v) is 7.31. The first kappa shape index (κ1) is 19.3. The van der Waals surface area contributed by atoms with E-state index in [9.17, 15) is 4.79 Å². The molecule has 3 heterocycles. The van der Waals surface area contributed by atoms with Crippen molar-refractivity contribution in [2.24, 2.45) is 5.73 Å². The van der Waals surface area contributed by atoms with Crippen molar-refractivity contribution in [2.45, 2.75) is 19.9 Å². The average molecular weight is 431 g/mol. The fourth-order valence-corrected chi connectivity index (χ4v) is 3.96. The number of hydrogen-bond donors (Lipinski definition) is 1. The van der Waals surface area contributed by atoms with Crippen molar-refractivity contribution in [3.8, 4) is 22.6 Å². The zero-order valence-electron chi connectivity index (χ0n) is 15.5. The van der Waals surface area contributed by atoms with E-state index in [2.05, 4.69) is 10.3 Å². The van der Waals surface area contributed by atoms with Crippen molar-refractivity contribution in [1.82, 2.24) is 14.9 Å². The summed E-state index contributed by atoms with van der Waals surface area (Å²) in [5.74, 6) is 0.0140. The predicted octanol–water partition coefficient (Wildman–Crippen LogP) is 5.12. The Bertz CT molecular complexity index is 1170. The molecule has 0 spiro atoms. The Morgan fingerprint density at radius 2 is 1.93 bits per heavy atom. The van der Waals surface area contributed by atoms with Crippen LogP contribution in [0.15, 0.2) is 51.7 Å². The van der Waals surface area contributed by atoms with Crippen LogP contribution in [0, 0.1) is 6.92 Å². The molecule has 0 saturated carbocycles. The summed E-state index contributed by atoms with van der Waals surface area (Å²) in [6, 6.07) is 8.50. The standard InChI is InChI=1S/C20H16Cl2N4O3/c1-10-12(9-26(24-10)11(2)16-13(21)5-3-6-14(16)22)17-18(20(23)27)25-29-19(17)15-7-4-8-28-15/h3-9,11H,1-2H3,(H2,23,27). The zero-order valence-corrected chi connectivity index (χ0v) is 17.0. The lowest BCUT2D eigenvalue weighted by Crippen LogP contribution is -2.12. The first-order chi connectivity index (χ1) is 13.9. The maximum atomic E-state index is 11.9. The van der Waals surface area contributed by atoms with E-state index in [0.717, 1.165) is 5.56 Å². The highest BCUT2D eigenvalue weighted by Gasteiger charge is 2.28. The van der Waals surface area contributed by atoms with Gasteiger partial charge in [-0.25, -0.2) is 0 Å². The Kier molecular flexibility index (Phi) is 4.94. The number of amides is 1. The van der Waals surface area contributed by atoms with Crippen LogP contribution in [0.1, 0.15) is 34.7 Å². The van der Waals surface area contributed by atoms with Crippen LogP contribution >= 0.6 is 23.2 Å². The molecule has 0 fully saturated rings. The lowest BCUT2D eigenvalue weighted by Gasteiger charge is -2.15. The number of nitrogens with two attached hydrogens (primary N) is 1. The van der Waals surface area contributed by atoms with Gasteiger partial charge in [0.2, 0.25) is 5.76 Å². The Hall–Kier alpha value is -3.03. The number of halogens is 2. The van der Waals surface area contributed by atoms with Gasteiger partial charge in [0, 0.05) is 27.4 Å². The molecule has 0 aliphatic carbocycles. The summed E-state index contributed by atoms with van der Waals surface area (Å²) < 4.78 is 12.5. The van der Waals surface area contributed by atoms with Crippen molar-refractivity contribution in [3.05, 3.63) is 69.8 Å². The first-order valence-electron chi connectivity index (χ1n) is 8.71. The quantitative estimate of drug-likeness (QED) is 0.473. The van der Waals surface area contributed by atoms with E-state index in [1.54, 1.807) is 41.2 Å². The number of rotatable bonds is 5. The number of hydrogen-bond acceptors (Lipinski definition) is 5. The van der Waals surface area contributed by atoms with E-state index < -0.39 is 5.91 Å². The molecule has 0 aliphatic rings. The highest BCUT2D eigenvalue weighted by atomic mass is 35.5. The number of aryl methyl sites for hydroxylation is 1. The SMILES string of the molecule is Cc1nn(C(C)c2c(Cl)cccc2Cl)cc1-c1c(C(N)=O)noc1-c1ccco1. The van der Waals surface area contributed by atoms with Crippen LogP contribution in [0.4, 0.5) is 0 Å². The molecule has 7 nitrogen and oxygen atoms in total. The van der Waals surface area contributed by atoms with Gasteiger partial charge in [-0.2, -0.15) is 5.10 Å². The lowest BCUT2D eigenvalue weighted by atomic mass is 10.0. The molecule has 4 aromatic rings. The number of carbonyl (C=O) groups excluding carboxylic acids is 1. The molecular weight excluding hydrogens is 415 g/mol. The number of carbonyl (C=O) groups is 1. The minimum atomic E-state index is -0.712. The highest BCUT2D eigenvalue weighted by molar-refractivity contribution is 6.36. The average Bonchev–Trinajstić information content (AvgIpc) is 3.39. The molecular formula is C20H16Cl2N4O3. The van der Waals surface area contributed by atoms with Crippen molar-refractivity contribution in [1.29, 1.82) is 0 Å². The van der Waals surface area contributed by atoms with Gasteiger partial charge >= 0.3 is 0 Å². The van der Waals surface area contributed by atoms with Gasteiger partial charge in [-0.15, -0.1) is 0 Å². The fourth-order valence-electron chi connectivity index (χ4n) is 3.25. The first-order valence-corrected chi connectivity index (χ1v) is 9.47. The smallest absolute Gasteiger partial charge is 0.271 e. The van der Waals surface area contributed by atoms with Gasteiger partial charge in [-0.3, -0.25) is 9.48 Å². The molecule has 29 heavy (non-hydrogen) atoms. The maximum Gasteiger partial charge on any atom is 0.271 e. The maximum absolute atomic E-state index is 11.9. The molecule has 0 aliphatic heterocycles. The number of benzene rings is 1. The van der Waals surface area contributed by atoms with Crippen molar-refractivity contribution in [3.63, 3.8) is 0 Å². The Labute approximate surface area is 176 Å². The minimum Gasteiger partial charge on any atom is -0.461 e. The van der Waals surface area contributed by atoms with E-state index in [1.807, 2.05) is 13.8 Å². The fraction of sp³-hybridized carbons (Fsp3) is 0.150. The molecule has 9 heteroatoms. The Morgan fingerprint density at radius 3 is 2.55 bits per heavy atom. The largest absolute Gasteiger partial charge is 0.461 e.